The average Bonchev–Trinajstić information content (AvgIpc) is 3.12. The summed E-state index contributed by atoms with van der Waals surface area (Å²) in [5.41, 5.74) is 2.05. The number of nitrogens with one attached hydrogen (secondary N) is 3. The van der Waals surface area contributed by atoms with E-state index in [-0.39, 0.29) is 23.9 Å². The molecule has 12 heteroatoms. The van der Waals surface area contributed by atoms with Crippen molar-refractivity contribution in [3.05, 3.63) is 64.3 Å². The number of H-pyrrole nitrogens is 1. The zero-order valence-corrected chi connectivity index (χ0v) is 19.6. The Balaban J connectivity index is 1.51. The molecule has 0 spiro atoms. The van der Waals surface area contributed by atoms with Gasteiger partial charge in [-0.2, -0.15) is 18.0 Å². The van der Waals surface area contributed by atoms with Crippen LogP contribution >= 0.6 is 0 Å². The van der Waals surface area contributed by atoms with Crippen LogP contribution in [0.25, 0.3) is 22.2 Å². The second kappa shape index (κ2) is 10.1. The maximum Gasteiger partial charge on any atom is 0.277 e. The number of hydrogen-bond acceptors (Lipinski definition) is 5. The van der Waals surface area contributed by atoms with Gasteiger partial charge in [-0.1, -0.05) is 5.18 Å². The normalized spacial score (nSPS) is 19.9. The Kier molecular flexibility index (Phi) is 7.27. The van der Waals surface area contributed by atoms with Crippen molar-refractivity contribution in [2.45, 2.75) is 37.8 Å². The van der Waals surface area contributed by atoms with Gasteiger partial charge in [-0.05, 0) is 73.1 Å². The Bertz CT molecular complexity index is 1320. The Morgan fingerprint density at radius 1 is 1.14 bits per heavy atom. The molecule has 188 valence electrons. The van der Waals surface area contributed by atoms with Gasteiger partial charge < -0.3 is 10.1 Å². The highest BCUT2D eigenvalue weighted by Crippen LogP contribution is 2.48. The first kappa shape index (κ1) is 25.3. The summed E-state index contributed by atoms with van der Waals surface area (Å²) in [6, 6.07) is 6.69. The fourth-order valence-corrected chi connectivity index (χ4v) is 5.69. The highest BCUT2D eigenvalue weighted by atomic mass is 32.2. The number of nitroso groups, excluding NO2 is 1. The first-order valence-corrected chi connectivity index (χ1v) is 12.6. The smallest absolute Gasteiger partial charge is 0.277 e. The molecule has 35 heavy (non-hydrogen) atoms. The predicted octanol–water partition coefficient (Wildman–Crippen LogP) is 3.69. The molecule has 1 saturated carbocycles. The van der Waals surface area contributed by atoms with Crippen LogP contribution in [0.5, 0.6) is 0 Å². The number of halogens is 3. The van der Waals surface area contributed by atoms with Crippen molar-refractivity contribution in [3.63, 3.8) is 0 Å². The molecule has 1 heterocycles. The van der Waals surface area contributed by atoms with Crippen LogP contribution in [0.3, 0.4) is 0 Å². The third kappa shape index (κ3) is 5.56. The molecule has 0 saturated heterocycles. The molecular weight excluding hydrogens is 485 g/mol. The zero-order chi connectivity index (χ0) is 25.3. The zero-order valence-electron chi connectivity index (χ0n) is 18.8. The van der Waals surface area contributed by atoms with Gasteiger partial charge in [0.1, 0.15) is 17.5 Å². The first-order chi connectivity index (χ1) is 16.6. The van der Waals surface area contributed by atoms with E-state index in [1.165, 1.54) is 25.1 Å². The summed E-state index contributed by atoms with van der Waals surface area (Å²) < 4.78 is 71.2. The number of rotatable bonds is 10. The number of aliphatic hydroxyl groups excluding tert-OH is 1. The monoisotopic (exact) mass is 510 g/mol. The second-order valence-electron chi connectivity index (χ2n) is 8.89. The fourth-order valence-electron chi connectivity index (χ4n) is 4.48. The van der Waals surface area contributed by atoms with E-state index in [9.17, 15) is 31.6 Å². The van der Waals surface area contributed by atoms with E-state index in [1.54, 1.807) is 12.1 Å². The first-order valence-electron chi connectivity index (χ1n) is 11.1. The lowest BCUT2D eigenvalue weighted by molar-refractivity contribution is 0.158. The molecule has 0 amide bonds. The molecule has 1 fully saturated rings. The summed E-state index contributed by atoms with van der Waals surface area (Å²) in [6.45, 7) is 1.04. The Hall–Kier alpha value is -2.80. The van der Waals surface area contributed by atoms with Crippen LogP contribution in [0.15, 0.2) is 41.6 Å². The molecule has 0 radical (unpaired) electrons. The van der Waals surface area contributed by atoms with Crippen LogP contribution in [-0.2, 0) is 10.2 Å². The molecule has 8 nitrogen and oxygen atoms in total. The van der Waals surface area contributed by atoms with Crippen LogP contribution in [0.2, 0.25) is 0 Å². The molecule has 0 bridgehead atoms. The quantitative estimate of drug-likeness (QED) is 0.311. The average molecular weight is 511 g/mol. The number of nitrogens with zero attached hydrogens (tertiary/aromatic N) is 1. The van der Waals surface area contributed by atoms with Crippen LogP contribution in [-0.4, -0.2) is 43.7 Å². The second-order valence-corrected chi connectivity index (χ2v) is 10.4. The Labute approximate surface area is 200 Å². The third-order valence-electron chi connectivity index (χ3n) is 6.36. The van der Waals surface area contributed by atoms with Gasteiger partial charge in [-0.3, -0.25) is 0 Å². The molecule has 3 aromatic rings. The summed E-state index contributed by atoms with van der Waals surface area (Å²) in [6.07, 6.45) is -0.000370. The van der Waals surface area contributed by atoms with E-state index in [1.807, 2.05) is 0 Å². The Morgan fingerprint density at radius 2 is 1.83 bits per heavy atom. The van der Waals surface area contributed by atoms with Crippen molar-refractivity contribution in [1.29, 1.82) is 0 Å². The summed E-state index contributed by atoms with van der Waals surface area (Å²) in [5.74, 6) is -2.02. The molecule has 1 aliphatic rings. The summed E-state index contributed by atoms with van der Waals surface area (Å²) in [7, 11) is -3.99. The molecule has 4 N–H and O–H groups in total. The van der Waals surface area contributed by atoms with Gasteiger partial charge in [-0.15, -0.1) is 0 Å². The van der Waals surface area contributed by atoms with E-state index in [2.05, 4.69) is 19.6 Å². The maximum atomic E-state index is 14.5. The maximum absolute atomic E-state index is 14.5. The van der Waals surface area contributed by atoms with Gasteiger partial charge in [0.05, 0.1) is 29.9 Å². The minimum absolute atomic E-state index is 0.0461. The van der Waals surface area contributed by atoms with E-state index in [0.717, 1.165) is 6.07 Å². The Morgan fingerprint density at radius 3 is 2.46 bits per heavy atom. The van der Waals surface area contributed by atoms with Gasteiger partial charge in [0.2, 0.25) is 0 Å². The van der Waals surface area contributed by atoms with E-state index in [0.29, 0.717) is 35.0 Å². The predicted molar refractivity (Wildman–Crippen MR) is 125 cm³/mol. The highest BCUT2D eigenvalue weighted by Gasteiger charge is 2.35. The molecule has 1 aliphatic carbocycles. The third-order valence-corrected chi connectivity index (χ3v) is 7.52. The number of aliphatic hydroxyl groups is 1. The van der Waals surface area contributed by atoms with Gasteiger partial charge >= 0.3 is 0 Å². The number of fused-ring (bicyclic) bond motifs is 1. The van der Waals surface area contributed by atoms with Crippen LogP contribution in [0, 0.1) is 28.3 Å². The van der Waals surface area contributed by atoms with Gasteiger partial charge in [0.15, 0.2) is 0 Å². The summed E-state index contributed by atoms with van der Waals surface area (Å²) >= 11 is 0. The van der Waals surface area contributed by atoms with Crippen molar-refractivity contribution in [2.75, 3.05) is 13.1 Å². The minimum atomic E-state index is -3.99. The lowest BCUT2D eigenvalue weighted by Crippen LogP contribution is -2.50. The molecule has 0 aliphatic heterocycles. The number of benzene rings is 2. The molecule has 2 atom stereocenters. The van der Waals surface area contributed by atoms with Crippen molar-refractivity contribution in [2.24, 2.45) is 11.1 Å². The molecule has 4 rings (SSSR count). The van der Waals surface area contributed by atoms with E-state index < -0.39 is 46.4 Å². The van der Waals surface area contributed by atoms with Crippen molar-refractivity contribution < 1.29 is 26.7 Å². The molecule has 2 aromatic carbocycles. The topological polar surface area (TPSA) is 124 Å². The standard InChI is InChI=1S/C23H25F3N4O4S/c1-12(31)20(11-27-32)30-35(33,34)28-10-13-6-15(7-13)21-18-8-17(25)9-19(26)23(18)29-22(21)14-2-4-16(24)5-3-14/h2-5,8-9,12-13,15,20,28-31H,6-7,10-11H2,1H3/t12-,13?,15?,20-/m1/s1. The van der Waals surface area contributed by atoms with E-state index in [4.69, 9.17) is 0 Å². The minimum Gasteiger partial charge on any atom is -0.392 e. The molecule has 1 aromatic heterocycles. The van der Waals surface area contributed by atoms with Gasteiger partial charge in [0.25, 0.3) is 10.2 Å². The van der Waals surface area contributed by atoms with Crippen LogP contribution in [0.1, 0.15) is 31.2 Å². The largest absolute Gasteiger partial charge is 0.392 e. The van der Waals surface area contributed by atoms with Crippen molar-refractivity contribution in [3.8, 4) is 11.3 Å². The lowest BCUT2D eigenvalue weighted by atomic mass is 9.70. The van der Waals surface area contributed by atoms with Gasteiger partial charge in [-0.25, -0.2) is 17.9 Å². The van der Waals surface area contributed by atoms with Crippen LogP contribution < -0.4 is 9.44 Å². The number of aromatic amines is 1. The van der Waals surface area contributed by atoms with Crippen LogP contribution in [0.4, 0.5) is 13.2 Å². The number of aromatic nitrogens is 1. The van der Waals surface area contributed by atoms with Crippen molar-refractivity contribution in [1.82, 2.24) is 14.4 Å². The lowest BCUT2D eigenvalue weighted by Gasteiger charge is -2.36. The van der Waals surface area contributed by atoms with Gasteiger partial charge in [0, 0.05) is 18.0 Å². The summed E-state index contributed by atoms with van der Waals surface area (Å²) in [4.78, 5) is 13.5. The summed E-state index contributed by atoms with van der Waals surface area (Å²) in [5, 5.41) is 12.6. The van der Waals surface area contributed by atoms with Crippen molar-refractivity contribution >= 4 is 21.1 Å². The van der Waals surface area contributed by atoms with E-state index >= 15 is 0 Å². The fraction of sp³-hybridized carbons (Fsp3) is 0.391. The number of hydrogen-bond donors (Lipinski definition) is 4. The molecule has 0 unspecified atom stereocenters. The molecular formula is C23H25F3N4O4S. The SMILES string of the molecule is C[C@@H](O)[C@@H](CN=O)NS(=O)(=O)NCC1CC(c2c(-c3ccc(F)cc3)[nH]c3c(F)cc(F)cc23)C1. The highest BCUT2D eigenvalue weighted by molar-refractivity contribution is 7.87.